The molecule has 0 aliphatic heterocycles. The molecule has 0 spiro atoms. The molecule has 0 radical (unpaired) electrons. The zero-order valence-corrected chi connectivity index (χ0v) is 19.6. The van der Waals surface area contributed by atoms with Gasteiger partial charge in [0.05, 0.1) is 23.1 Å². The summed E-state index contributed by atoms with van der Waals surface area (Å²) >= 11 is 4.99. The molecule has 0 aliphatic carbocycles. The summed E-state index contributed by atoms with van der Waals surface area (Å²) in [7, 11) is 0. The van der Waals surface area contributed by atoms with E-state index in [1.807, 2.05) is 34.3 Å². The number of carbonyl (C=O) groups excluding carboxylic acids is 1. The smallest absolute Gasteiger partial charge is 0.254 e. The molecule has 0 atom stereocenters. The second-order valence-corrected chi connectivity index (χ2v) is 8.90. The van der Waals surface area contributed by atoms with Crippen LogP contribution in [0.2, 0.25) is 0 Å². The molecule has 3 N–H and O–H groups in total. The number of rotatable bonds is 11. The van der Waals surface area contributed by atoms with Gasteiger partial charge in [-0.25, -0.2) is 9.67 Å². The van der Waals surface area contributed by atoms with Crippen LogP contribution in [0.1, 0.15) is 55.1 Å². The predicted molar refractivity (Wildman–Crippen MR) is 126 cm³/mol. The number of unbranched alkanes of at least 4 members (excludes halogenated alkanes) is 3. The number of hydrogen-bond donors (Lipinski definition) is 2. The normalized spacial score (nSPS) is 11.0. The zero-order chi connectivity index (χ0) is 21.3. The number of nitrogens with one attached hydrogen (secondary N) is 1. The van der Waals surface area contributed by atoms with Gasteiger partial charge in [-0.05, 0) is 37.9 Å². The highest BCUT2D eigenvalue weighted by Crippen LogP contribution is 2.27. The quantitative estimate of drug-likeness (QED) is 0.372. The van der Waals surface area contributed by atoms with Crippen molar-refractivity contribution in [1.29, 1.82) is 0 Å². The van der Waals surface area contributed by atoms with Crippen molar-refractivity contribution in [1.82, 2.24) is 20.1 Å². The van der Waals surface area contributed by atoms with Crippen LogP contribution >= 0.6 is 27.3 Å². The zero-order valence-electron chi connectivity index (χ0n) is 17.2. The van der Waals surface area contributed by atoms with E-state index in [0.717, 1.165) is 71.6 Å². The molecule has 160 valence electrons. The number of nitrogens with two attached hydrogens (primary N) is 1. The molecule has 0 aliphatic rings. The van der Waals surface area contributed by atoms with Gasteiger partial charge in [0.15, 0.2) is 0 Å². The van der Waals surface area contributed by atoms with Crippen LogP contribution in [0.4, 0.5) is 0 Å². The molecule has 0 fully saturated rings. The number of thiazole rings is 1. The maximum atomic E-state index is 12.7. The first-order chi connectivity index (χ1) is 14.6. The Morgan fingerprint density at radius 3 is 2.70 bits per heavy atom. The van der Waals surface area contributed by atoms with Crippen LogP contribution < -0.4 is 11.1 Å². The molecule has 30 heavy (non-hydrogen) atoms. The molecule has 8 heteroatoms. The molecule has 1 amide bonds. The fourth-order valence-electron chi connectivity index (χ4n) is 3.24. The lowest BCUT2D eigenvalue weighted by molar-refractivity contribution is 0.0952. The van der Waals surface area contributed by atoms with Gasteiger partial charge in [-0.2, -0.15) is 5.10 Å². The Balaban J connectivity index is 1.73. The first-order valence-corrected chi connectivity index (χ1v) is 12.1. The van der Waals surface area contributed by atoms with E-state index in [1.54, 1.807) is 6.20 Å². The van der Waals surface area contributed by atoms with Crippen molar-refractivity contribution >= 4 is 33.2 Å². The third kappa shape index (κ3) is 5.77. The maximum Gasteiger partial charge on any atom is 0.254 e. The number of benzene rings is 1. The van der Waals surface area contributed by atoms with Crippen molar-refractivity contribution < 1.29 is 4.79 Å². The van der Waals surface area contributed by atoms with Gasteiger partial charge in [-0.1, -0.05) is 54.2 Å². The molecular weight excluding hydrogens is 462 g/mol. The number of hydrogen-bond acceptors (Lipinski definition) is 5. The van der Waals surface area contributed by atoms with E-state index in [0.29, 0.717) is 12.1 Å². The molecule has 0 saturated heterocycles. The Hall–Kier alpha value is -2.03. The van der Waals surface area contributed by atoms with Gasteiger partial charge < -0.3 is 11.1 Å². The largest absolute Gasteiger partial charge is 0.352 e. The van der Waals surface area contributed by atoms with Crippen molar-refractivity contribution in [2.24, 2.45) is 5.73 Å². The number of carbonyl (C=O) groups is 1. The Morgan fingerprint density at radius 2 is 1.97 bits per heavy atom. The Labute approximate surface area is 190 Å². The summed E-state index contributed by atoms with van der Waals surface area (Å²) in [6.45, 7) is 3.50. The van der Waals surface area contributed by atoms with Crippen LogP contribution in [0.5, 0.6) is 0 Å². The fourth-order valence-corrected chi connectivity index (χ4v) is 4.32. The third-order valence-electron chi connectivity index (χ3n) is 4.83. The average molecular weight is 490 g/mol. The number of aromatic nitrogens is 3. The van der Waals surface area contributed by atoms with Crippen LogP contribution in [0.3, 0.4) is 0 Å². The minimum absolute atomic E-state index is 0.0618. The van der Waals surface area contributed by atoms with Gasteiger partial charge in [-0.15, -0.1) is 11.3 Å². The van der Waals surface area contributed by atoms with Crippen molar-refractivity contribution in [2.75, 3.05) is 13.1 Å². The highest BCUT2D eigenvalue weighted by molar-refractivity contribution is 9.10. The second-order valence-electron chi connectivity index (χ2n) is 7.15. The van der Waals surface area contributed by atoms with Crippen LogP contribution in [-0.4, -0.2) is 33.8 Å². The van der Waals surface area contributed by atoms with E-state index < -0.39 is 0 Å². The molecular formula is C22H28BrN5OS. The van der Waals surface area contributed by atoms with Crippen LogP contribution in [0.15, 0.2) is 40.3 Å². The molecule has 0 bridgehead atoms. The minimum Gasteiger partial charge on any atom is -0.352 e. The molecule has 0 saturated carbocycles. The van der Waals surface area contributed by atoms with Crippen LogP contribution in [0.25, 0.3) is 16.4 Å². The van der Waals surface area contributed by atoms with Gasteiger partial charge in [0.2, 0.25) is 5.13 Å². The van der Waals surface area contributed by atoms with Crippen molar-refractivity contribution in [3.05, 3.63) is 51.6 Å². The number of halogens is 1. The van der Waals surface area contributed by atoms with Gasteiger partial charge in [0.25, 0.3) is 5.91 Å². The van der Waals surface area contributed by atoms with Crippen molar-refractivity contribution in [2.45, 2.75) is 45.4 Å². The standard InChI is InChI=1S/C22H28BrN5OS/c1-2-7-20-18(21(29)25-13-6-4-3-5-12-24)14-26-28(20)22-27-19(15-30-22)16-8-10-17(23)11-9-16/h8-11,14-15H,2-7,12-13,24H2,1H3,(H,25,29). The van der Waals surface area contributed by atoms with E-state index >= 15 is 0 Å². The van der Waals surface area contributed by atoms with Gasteiger partial charge in [0.1, 0.15) is 0 Å². The first-order valence-electron chi connectivity index (χ1n) is 10.4. The maximum absolute atomic E-state index is 12.7. The summed E-state index contributed by atoms with van der Waals surface area (Å²) < 4.78 is 2.85. The third-order valence-corrected chi connectivity index (χ3v) is 6.17. The first kappa shape index (κ1) is 22.7. The molecule has 6 nitrogen and oxygen atoms in total. The Morgan fingerprint density at radius 1 is 1.20 bits per heavy atom. The molecule has 2 aromatic heterocycles. The summed E-state index contributed by atoms with van der Waals surface area (Å²) in [6, 6.07) is 8.07. The second kappa shape index (κ2) is 11.4. The summed E-state index contributed by atoms with van der Waals surface area (Å²) in [5.41, 5.74) is 9.03. The van der Waals surface area contributed by atoms with E-state index in [2.05, 4.69) is 33.3 Å². The van der Waals surface area contributed by atoms with E-state index in [9.17, 15) is 4.79 Å². The van der Waals surface area contributed by atoms with Crippen LogP contribution in [-0.2, 0) is 6.42 Å². The lowest BCUT2D eigenvalue weighted by Crippen LogP contribution is -2.25. The van der Waals surface area contributed by atoms with Crippen LogP contribution in [0, 0.1) is 0 Å². The SMILES string of the molecule is CCCc1c(C(=O)NCCCCCCN)cnn1-c1nc(-c2ccc(Br)cc2)cs1. The highest BCUT2D eigenvalue weighted by atomic mass is 79.9. The number of nitrogens with zero attached hydrogens (tertiary/aromatic N) is 3. The van der Waals surface area contributed by atoms with Gasteiger partial charge >= 0.3 is 0 Å². The number of amides is 1. The molecule has 3 aromatic rings. The summed E-state index contributed by atoms with van der Waals surface area (Å²) in [6.07, 6.45) is 7.55. The topological polar surface area (TPSA) is 85.8 Å². The summed E-state index contributed by atoms with van der Waals surface area (Å²) in [5, 5.41) is 10.3. The van der Waals surface area contributed by atoms with Gasteiger partial charge in [-0.3, -0.25) is 4.79 Å². The highest BCUT2D eigenvalue weighted by Gasteiger charge is 2.19. The average Bonchev–Trinajstić information content (AvgIpc) is 3.38. The summed E-state index contributed by atoms with van der Waals surface area (Å²) in [4.78, 5) is 17.5. The molecule has 3 rings (SSSR count). The van der Waals surface area contributed by atoms with Gasteiger partial charge in [0, 0.05) is 22.0 Å². The summed E-state index contributed by atoms with van der Waals surface area (Å²) in [5.74, 6) is -0.0618. The lowest BCUT2D eigenvalue weighted by atomic mass is 10.1. The Kier molecular flexibility index (Phi) is 8.60. The fraction of sp³-hybridized carbons (Fsp3) is 0.409. The van der Waals surface area contributed by atoms with Crippen molar-refractivity contribution in [3.63, 3.8) is 0 Å². The monoisotopic (exact) mass is 489 g/mol. The van der Waals surface area contributed by atoms with E-state index in [-0.39, 0.29) is 5.91 Å². The molecule has 2 heterocycles. The predicted octanol–water partition coefficient (Wildman–Crippen LogP) is 4.96. The van der Waals surface area contributed by atoms with Crippen molar-refractivity contribution in [3.8, 4) is 16.4 Å². The Bertz CT molecular complexity index is 951. The van der Waals surface area contributed by atoms with E-state index in [4.69, 9.17) is 10.7 Å². The molecule has 0 unspecified atom stereocenters. The molecule has 1 aromatic carbocycles. The van der Waals surface area contributed by atoms with E-state index in [1.165, 1.54) is 11.3 Å². The lowest BCUT2D eigenvalue weighted by Gasteiger charge is -2.08. The minimum atomic E-state index is -0.0618.